The normalized spacial score (nSPS) is 23.2. The van der Waals surface area contributed by atoms with Crippen molar-refractivity contribution >= 4 is 11.6 Å². The van der Waals surface area contributed by atoms with Gasteiger partial charge < -0.3 is 4.90 Å². The van der Waals surface area contributed by atoms with Crippen molar-refractivity contribution in [1.82, 2.24) is 19.5 Å². The smallest absolute Gasteiger partial charge is 0.335 e. The summed E-state index contributed by atoms with van der Waals surface area (Å²) in [5.74, 6) is 0.0284. The Morgan fingerprint density at radius 3 is 2.45 bits per heavy atom. The van der Waals surface area contributed by atoms with Gasteiger partial charge in [0, 0.05) is 19.3 Å². The van der Waals surface area contributed by atoms with Crippen LogP contribution in [-0.4, -0.2) is 38.5 Å². The van der Waals surface area contributed by atoms with Gasteiger partial charge in [-0.2, -0.15) is 18.4 Å². The Morgan fingerprint density at radius 2 is 1.77 bits per heavy atom. The molecule has 3 heterocycles. The molecule has 5 rings (SSSR count). The highest BCUT2D eigenvalue weighted by Gasteiger charge is 2.45. The molecule has 3 aromatic rings. The molecule has 1 saturated heterocycles. The number of carbonyl (C=O) groups is 1. The van der Waals surface area contributed by atoms with E-state index in [0.29, 0.717) is 42.7 Å². The summed E-state index contributed by atoms with van der Waals surface area (Å²) in [6.07, 6.45) is -1.59. The standard InChI is InChI=1S/C22H18F3N5O/c23-22(24,25)18-4-2-1-3-17(18)14-7-15-11-29(12-16(15)8-14)21(31)20-28-27-19-6-5-13(9-26)10-30(19)20/h1-6,10,14-16H,7-8,11-12H2/t14-,15+,16-. The van der Waals surface area contributed by atoms with Gasteiger partial charge in [0.05, 0.1) is 11.1 Å². The van der Waals surface area contributed by atoms with Crippen molar-refractivity contribution in [3.63, 3.8) is 0 Å². The third-order valence-corrected chi connectivity index (χ3v) is 6.47. The van der Waals surface area contributed by atoms with E-state index in [2.05, 4.69) is 10.2 Å². The van der Waals surface area contributed by atoms with Crippen molar-refractivity contribution in [2.24, 2.45) is 11.8 Å². The van der Waals surface area contributed by atoms with Crippen molar-refractivity contribution in [2.45, 2.75) is 24.9 Å². The Labute approximate surface area is 175 Å². The zero-order chi connectivity index (χ0) is 21.8. The Balaban J connectivity index is 1.33. The molecule has 9 heteroatoms. The summed E-state index contributed by atoms with van der Waals surface area (Å²) in [5.41, 5.74) is 0.669. The van der Waals surface area contributed by atoms with Crippen molar-refractivity contribution < 1.29 is 18.0 Å². The maximum absolute atomic E-state index is 13.4. The van der Waals surface area contributed by atoms with E-state index in [1.165, 1.54) is 16.7 Å². The van der Waals surface area contributed by atoms with Gasteiger partial charge >= 0.3 is 6.18 Å². The van der Waals surface area contributed by atoms with Crippen molar-refractivity contribution in [3.8, 4) is 6.07 Å². The zero-order valence-corrected chi connectivity index (χ0v) is 16.4. The molecular weight excluding hydrogens is 407 g/mol. The van der Waals surface area contributed by atoms with E-state index in [1.807, 2.05) is 6.07 Å². The number of hydrogen-bond acceptors (Lipinski definition) is 4. The number of hydrogen-bond donors (Lipinski definition) is 0. The molecule has 0 unspecified atom stereocenters. The molecule has 1 aliphatic heterocycles. The number of alkyl halides is 3. The monoisotopic (exact) mass is 425 g/mol. The fraction of sp³-hybridized carbons (Fsp3) is 0.364. The second kappa shape index (κ2) is 7.08. The van der Waals surface area contributed by atoms with Gasteiger partial charge in [-0.25, -0.2) is 0 Å². The van der Waals surface area contributed by atoms with Crippen molar-refractivity contribution in [1.29, 1.82) is 5.26 Å². The van der Waals surface area contributed by atoms with Crippen LogP contribution >= 0.6 is 0 Å². The SMILES string of the molecule is N#Cc1ccc2nnc(C(=O)N3C[C@H]4C[C@H](c5ccccc5C(F)(F)F)C[C@H]4C3)n2c1. The lowest BCUT2D eigenvalue weighted by Crippen LogP contribution is -2.31. The quantitative estimate of drug-likeness (QED) is 0.625. The van der Waals surface area contributed by atoms with Crippen LogP contribution in [0.15, 0.2) is 42.6 Å². The summed E-state index contributed by atoms with van der Waals surface area (Å²) < 4.78 is 41.7. The Bertz CT molecular complexity index is 1200. The van der Waals surface area contributed by atoms with Crippen LogP contribution in [0.2, 0.25) is 0 Å². The number of nitriles is 1. The number of likely N-dealkylation sites (tertiary alicyclic amines) is 1. The molecule has 0 radical (unpaired) electrons. The molecule has 0 N–H and O–H groups in total. The van der Waals surface area contributed by atoms with Gasteiger partial charge in [0.2, 0.25) is 5.82 Å². The lowest BCUT2D eigenvalue weighted by atomic mass is 9.91. The molecule has 1 saturated carbocycles. The number of rotatable bonds is 2. The number of benzene rings is 1. The Hall–Kier alpha value is -3.41. The molecule has 3 atom stereocenters. The number of amides is 1. The second-order valence-electron chi connectivity index (χ2n) is 8.27. The number of nitrogens with zero attached hydrogens (tertiary/aromatic N) is 5. The van der Waals surface area contributed by atoms with Crippen molar-refractivity contribution in [3.05, 3.63) is 65.1 Å². The summed E-state index contributed by atoms with van der Waals surface area (Å²) in [7, 11) is 0. The minimum atomic E-state index is -4.37. The first-order valence-electron chi connectivity index (χ1n) is 10.1. The summed E-state index contributed by atoms with van der Waals surface area (Å²) in [6.45, 7) is 0.974. The molecule has 6 nitrogen and oxygen atoms in total. The van der Waals surface area contributed by atoms with E-state index in [1.54, 1.807) is 29.2 Å². The first-order valence-corrected chi connectivity index (χ1v) is 10.1. The predicted molar refractivity (Wildman–Crippen MR) is 104 cm³/mol. The minimum Gasteiger partial charge on any atom is -0.335 e. The van der Waals surface area contributed by atoms with Gasteiger partial charge in [-0.1, -0.05) is 18.2 Å². The highest BCUT2D eigenvalue weighted by molar-refractivity contribution is 5.91. The Kier molecular flexibility index (Phi) is 4.46. The van der Waals surface area contributed by atoms with Gasteiger partial charge in [0.25, 0.3) is 5.91 Å². The number of fused-ring (bicyclic) bond motifs is 2. The average Bonchev–Trinajstić information content (AvgIpc) is 3.45. The molecule has 0 spiro atoms. The molecule has 0 bridgehead atoms. The highest BCUT2D eigenvalue weighted by Crippen LogP contribution is 2.49. The molecule has 2 aromatic heterocycles. The van der Waals surface area contributed by atoms with Crippen LogP contribution in [0.4, 0.5) is 13.2 Å². The van der Waals surface area contributed by atoms with E-state index in [-0.39, 0.29) is 29.5 Å². The molecule has 2 fully saturated rings. The van der Waals surface area contributed by atoms with Crippen molar-refractivity contribution in [2.75, 3.05) is 13.1 Å². The predicted octanol–water partition coefficient (Wildman–Crippen LogP) is 3.89. The summed E-state index contributed by atoms with van der Waals surface area (Å²) >= 11 is 0. The van der Waals surface area contributed by atoms with Gasteiger partial charge in [0.1, 0.15) is 6.07 Å². The lowest BCUT2D eigenvalue weighted by molar-refractivity contribution is -0.138. The largest absolute Gasteiger partial charge is 0.416 e. The first kappa shape index (κ1) is 19.5. The topological polar surface area (TPSA) is 74.3 Å². The highest BCUT2D eigenvalue weighted by atomic mass is 19.4. The third kappa shape index (κ3) is 3.32. The molecular formula is C22H18F3N5O. The average molecular weight is 425 g/mol. The summed E-state index contributed by atoms with van der Waals surface area (Å²) in [4.78, 5) is 14.8. The fourth-order valence-corrected chi connectivity index (χ4v) is 5.08. The third-order valence-electron chi connectivity index (χ3n) is 6.47. The maximum Gasteiger partial charge on any atom is 0.416 e. The van der Waals surface area contributed by atoms with Gasteiger partial charge in [0.15, 0.2) is 5.65 Å². The van der Waals surface area contributed by atoms with Gasteiger partial charge in [-0.15, -0.1) is 10.2 Å². The number of halogens is 3. The molecule has 2 aliphatic rings. The van der Waals surface area contributed by atoms with E-state index >= 15 is 0 Å². The van der Waals surface area contributed by atoms with Gasteiger partial charge in [-0.3, -0.25) is 9.20 Å². The van der Waals surface area contributed by atoms with E-state index in [0.717, 1.165) is 6.07 Å². The summed E-state index contributed by atoms with van der Waals surface area (Å²) in [5, 5.41) is 17.1. The second-order valence-corrected chi connectivity index (χ2v) is 8.27. The fourth-order valence-electron chi connectivity index (χ4n) is 5.08. The number of pyridine rings is 1. The van der Waals surface area contributed by atoms with E-state index in [9.17, 15) is 18.0 Å². The number of aromatic nitrogens is 3. The van der Waals surface area contributed by atoms with E-state index < -0.39 is 11.7 Å². The molecule has 1 aliphatic carbocycles. The van der Waals surface area contributed by atoms with Crippen LogP contribution in [0.3, 0.4) is 0 Å². The van der Waals surface area contributed by atoms with Crippen LogP contribution in [0, 0.1) is 23.2 Å². The molecule has 31 heavy (non-hydrogen) atoms. The zero-order valence-electron chi connectivity index (χ0n) is 16.4. The van der Waals surface area contributed by atoms with Gasteiger partial charge in [-0.05, 0) is 54.4 Å². The Morgan fingerprint density at radius 1 is 1.06 bits per heavy atom. The van der Waals surface area contributed by atoms with E-state index in [4.69, 9.17) is 5.26 Å². The minimum absolute atomic E-state index is 0.144. The molecule has 1 aromatic carbocycles. The summed E-state index contributed by atoms with van der Waals surface area (Å²) in [6, 6.07) is 11.1. The lowest BCUT2D eigenvalue weighted by Gasteiger charge is -2.21. The first-order chi connectivity index (χ1) is 14.8. The van der Waals surface area contributed by atoms with Crippen LogP contribution in [0.5, 0.6) is 0 Å². The van der Waals surface area contributed by atoms with Crippen LogP contribution in [-0.2, 0) is 6.18 Å². The van der Waals surface area contributed by atoms with Crippen LogP contribution < -0.4 is 0 Å². The maximum atomic E-state index is 13.4. The van der Waals surface area contributed by atoms with Crippen LogP contribution in [0.1, 0.15) is 46.1 Å². The number of carbonyl (C=O) groups excluding carboxylic acids is 1. The molecule has 158 valence electrons. The van der Waals surface area contributed by atoms with Crippen LogP contribution in [0.25, 0.3) is 5.65 Å². The molecule has 1 amide bonds.